The number of nitrogens with one attached hydrogen (secondary N) is 1. The van der Waals surface area contributed by atoms with E-state index in [1.807, 2.05) is 0 Å². The van der Waals surface area contributed by atoms with E-state index >= 15 is 0 Å². The smallest absolute Gasteiger partial charge is 0.270 e. The number of benzene rings is 1. The number of nitro groups is 1. The van der Waals surface area contributed by atoms with Crippen molar-refractivity contribution in [2.45, 2.75) is 96.6 Å². The van der Waals surface area contributed by atoms with Crippen molar-refractivity contribution in [3.05, 3.63) is 39.9 Å². The highest BCUT2D eigenvalue weighted by atomic mass is 16.6. The molecule has 0 heterocycles. The van der Waals surface area contributed by atoms with Crippen molar-refractivity contribution in [3.63, 3.8) is 0 Å². The average Bonchev–Trinajstić information content (AvgIpc) is 2.91. The summed E-state index contributed by atoms with van der Waals surface area (Å²) in [5, 5.41) is 11.3. The van der Waals surface area contributed by atoms with E-state index in [1.165, 1.54) is 29.9 Å². The average molecular weight is 502 g/mol. The number of amides is 2. The number of nitrogens with zero attached hydrogens (tertiary/aromatic N) is 3. The largest absolute Gasteiger partial charge is 0.335 e. The van der Waals surface area contributed by atoms with Crippen LogP contribution in [-0.2, 0) is 4.79 Å². The van der Waals surface area contributed by atoms with Crippen molar-refractivity contribution in [3.8, 4) is 0 Å². The van der Waals surface area contributed by atoms with Gasteiger partial charge in [0.1, 0.15) is 6.54 Å². The van der Waals surface area contributed by atoms with Crippen molar-refractivity contribution in [2.24, 2.45) is 0 Å². The first-order valence-electron chi connectivity index (χ1n) is 14.1. The van der Waals surface area contributed by atoms with Crippen LogP contribution in [0, 0.1) is 10.1 Å². The molecule has 3 rings (SSSR count). The highest BCUT2D eigenvalue weighted by Gasteiger charge is 2.34. The van der Waals surface area contributed by atoms with Crippen LogP contribution in [0.5, 0.6) is 0 Å². The second-order valence-electron chi connectivity index (χ2n) is 10.5. The van der Waals surface area contributed by atoms with Gasteiger partial charge in [0, 0.05) is 42.7 Å². The Labute approximate surface area is 216 Å². The second-order valence-corrected chi connectivity index (χ2v) is 10.5. The number of carbonyl (C=O) groups excluding carboxylic acids is 2. The fraction of sp³-hybridized carbons (Fsp3) is 0.714. The van der Waals surface area contributed by atoms with Crippen molar-refractivity contribution >= 4 is 17.5 Å². The number of hydrogen-bond acceptors (Lipinski definition) is 4. The number of rotatable bonds is 12. The zero-order chi connectivity index (χ0) is 25.9. The Hall–Kier alpha value is -2.48. The van der Waals surface area contributed by atoms with E-state index in [0.29, 0.717) is 6.54 Å². The van der Waals surface area contributed by atoms with Crippen LogP contribution in [0.4, 0.5) is 5.69 Å². The van der Waals surface area contributed by atoms with Crippen LogP contribution in [-0.4, -0.2) is 71.3 Å². The van der Waals surface area contributed by atoms with Gasteiger partial charge in [0.25, 0.3) is 11.6 Å². The summed E-state index contributed by atoms with van der Waals surface area (Å²) in [7, 11) is 0. The number of nitro benzene ring substituents is 1. The summed E-state index contributed by atoms with van der Waals surface area (Å²) in [4.78, 5) is 43.5. The van der Waals surface area contributed by atoms with Gasteiger partial charge in [-0.1, -0.05) is 44.6 Å². The molecule has 0 saturated heterocycles. The molecule has 0 aliphatic heterocycles. The molecular formula is C28H45N4O4+. The fourth-order valence-electron chi connectivity index (χ4n) is 5.98. The summed E-state index contributed by atoms with van der Waals surface area (Å²) in [6.07, 6.45) is 12.1. The first-order valence-corrected chi connectivity index (χ1v) is 14.1. The van der Waals surface area contributed by atoms with Crippen molar-refractivity contribution in [1.82, 2.24) is 9.80 Å². The molecular weight excluding hydrogens is 456 g/mol. The summed E-state index contributed by atoms with van der Waals surface area (Å²) in [5.41, 5.74) is 0.166. The Bertz CT molecular complexity index is 843. The Kier molecular flexibility index (Phi) is 11.2. The van der Waals surface area contributed by atoms with E-state index in [1.54, 1.807) is 17.0 Å². The van der Waals surface area contributed by atoms with Gasteiger partial charge in [0.05, 0.1) is 24.6 Å². The third-order valence-corrected chi connectivity index (χ3v) is 8.10. The lowest BCUT2D eigenvalue weighted by Gasteiger charge is -2.42. The first-order chi connectivity index (χ1) is 17.4. The van der Waals surface area contributed by atoms with Gasteiger partial charge in [-0.2, -0.15) is 0 Å². The molecule has 0 radical (unpaired) electrons. The zero-order valence-corrected chi connectivity index (χ0v) is 22.3. The molecule has 2 aliphatic carbocycles. The molecule has 8 nitrogen and oxygen atoms in total. The molecule has 36 heavy (non-hydrogen) atoms. The quantitative estimate of drug-likeness (QED) is 0.348. The van der Waals surface area contributed by atoms with Gasteiger partial charge in [-0.05, 0) is 45.6 Å². The first kappa shape index (κ1) is 28.1. The molecule has 0 unspecified atom stereocenters. The SMILES string of the molecule is CC[NH+](CC)CCCN(CC(=O)N(C1CCCCC1)C1CCCCC1)C(=O)c1cccc([N+](=O)[O-])c1. The molecule has 2 fully saturated rings. The zero-order valence-electron chi connectivity index (χ0n) is 22.3. The number of non-ortho nitro benzene ring substituents is 1. The van der Waals surface area contributed by atoms with Crippen LogP contribution < -0.4 is 4.90 Å². The monoisotopic (exact) mass is 501 g/mol. The highest BCUT2D eigenvalue weighted by Crippen LogP contribution is 2.30. The van der Waals surface area contributed by atoms with Crippen LogP contribution in [0.3, 0.4) is 0 Å². The molecule has 0 aromatic heterocycles. The van der Waals surface area contributed by atoms with E-state index in [2.05, 4.69) is 18.7 Å². The van der Waals surface area contributed by atoms with Crippen LogP contribution in [0.25, 0.3) is 0 Å². The minimum atomic E-state index is -0.482. The van der Waals surface area contributed by atoms with Crippen molar-refractivity contribution < 1.29 is 19.4 Å². The lowest BCUT2D eigenvalue weighted by molar-refractivity contribution is -0.896. The van der Waals surface area contributed by atoms with E-state index in [4.69, 9.17) is 0 Å². The summed E-state index contributed by atoms with van der Waals surface area (Å²) in [5.74, 6) is -0.253. The molecule has 2 aliphatic rings. The minimum absolute atomic E-state index is 0.0438. The molecule has 1 aromatic carbocycles. The lowest BCUT2D eigenvalue weighted by Crippen LogP contribution is -3.11. The molecule has 200 valence electrons. The molecule has 2 saturated carbocycles. The molecule has 0 bridgehead atoms. The summed E-state index contributed by atoms with van der Waals surface area (Å²) in [6, 6.07) is 6.41. The van der Waals surface area contributed by atoms with Crippen LogP contribution in [0.2, 0.25) is 0 Å². The van der Waals surface area contributed by atoms with Gasteiger partial charge in [-0.25, -0.2) is 0 Å². The van der Waals surface area contributed by atoms with Crippen molar-refractivity contribution in [2.75, 3.05) is 32.7 Å². The fourth-order valence-corrected chi connectivity index (χ4v) is 5.98. The topological polar surface area (TPSA) is 88.2 Å². The molecule has 1 N–H and O–H groups in total. The summed E-state index contributed by atoms with van der Waals surface area (Å²) < 4.78 is 0. The van der Waals surface area contributed by atoms with Crippen LogP contribution in [0.1, 0.15) is 94.8 Å². The predicted molar refractivity (Wildman–Crippen MR) is 141 cm³/mol. The van der Waals surface area contributed by atoms with Gasteiger partial charge in [0.2, 0.25) is 5.91 Å². The molecule has 0 atom stereocenters. The Morgan fingerprint density at radius 2 is 1.56 bits per heavy atom. The number of hydrogen-bond donors (Lipinski definition) is 1. The summed E-state index contributed by atoms with van der Waals surface area (Å²) >= 11 is 0. The van der Waals surface area contributed by atoms with E-state index in [0.717, 1.165) is 77.4 Å². The third kappa shape index (κ3) is 7.76. The molecule has 2 amide bonds. The van der Waals surface area contributed by atoms with E-state index < -0.39 is 4.92 Å². The number of carbonyl (C=O) groups is 2. The Morgan fingerprint density at radius 3 is 2.08 bits per heavy atom. The van der Waals surface area contributed by atoms with Gasteiger partial charge in [0.15, 0.2) is 0 Å². The molecule has 0 spiro atoms. The van der Waals surface area contributed by atoms with Gasteiger partial charge in [-0.15, -0.1) is 0 Å². The van der Waals surface area contributed by atoms with E-state index in [-0.39, 0.29) is 41.7 Å². The second kappa shape index (κ2) is 14.3. The molecule has 1 aromatic rings. The van der Waals surface area contributed by atoms with Crippen molar-refractivity contribution in [1.29, 1.82) is 0 Å². The molecule has 8 heteroatoms. The minimum Gasteiger partial charge on any atom is -0.335 e. The summed E-state index contributed by atoms with van der Waals surface area (Å²) in [6.45, 7) is 7.79. The highest BCUT2D eigenvalue weighted by molar-refractivity contribution is 5.97. The third-order valence-electron chi connectivity index (χ3n) is 8.10. The van der Waals surface area contributed by atoms with E-state index in [9.17, 15) is 19.7 Å². The predicted octanol–water partition coefficient (Wildman–Crippen LogP) is 3.85. The lowest BCUT2D eigenvalue weighted by atomic mass is 9.88. The normalized spacial score (nSPS) is 17.2. The maximum atomic E-state index is 13.9. The maximum Gasteiger partial charge on any atom is 0.270 e. The van der Waals surface area contributed by atoms with Gasteiger partial charge < -0.3 is 14.7 Å². The number of quaternary nitrogens is 1. The standard InChI is InChI=1S/C28H44N4O4/c1-3-29(4-2)19-12-20-30(28(34)23-13-11-18-26(21-23)32(35)36)22-27(33)31(24-14-7-5-8-15-24)25-16-9-6-10-17-25/h11,13,18,21,24-25H,3-10,12,14-17,19-20,22H2,1-2H3/p+1. The van der Waals surface area contributed by atoms with Crippen LogP contribution in [0.15, 0.2) is 24.3 Å². The van der Waals surface area contributed by atoms with Gasteiger partial charge in [-0.3, -0.25) is 19.7 Å². The Balaban J connectivity index is 1.80. The Morgan fingerprint density at radius 1 is 0.972 bits per heavy atom. The van der Waals surface area contributed by atoms with Crippen LogP contribution >= 0.6 is 0 Å². The van der Waals surface area contributed by atoms with Gasteiger partial charge >= 0.3 is 0 Å². The maximum absolute atomic E-state index is 13.9.